The SMILES string of the molecule is CCCCNC(=O)N1CCC2(CC1)O[C@@H](C(=O)NCc1ccccn1)Cn1ccnc12. The number of pyridine rings is 1. The molecule has 2 aromatic rings. The van der Waals surface area contributed by atoms with Crippen LogP contribution in [0.15, 0.2) is 36.8 Å². The van der Waals surface area contributed by atoms with Crippen LogP contribution in [0, 0.1) is 0 Å². The Morgan fingerprint density at radius 3 is 2.77 bits per heavy atom. The van der Waals surface area contributed by atoms with Crippen molar-refractivity contribution in [3.05, 3.63) is 48.3 Å². The molecule has 9 nitrogen and oxygen atoms in total. The van der Waals surface area contributed by atoms with Crippen LogP contribution in [0.4, 0.5) is 4.79 Å². The van der Waals surface area contributed by atoms with E-state index in [1.807, 2.05) is 33.9 Å². The quantitative estimate of drug-likeness (QED) is 0.686. The number of hydrogen-bond acceptors (Lipinski definition) is 5. The van der Waals surface area contributed by atoms with Gasteiger partial charge in [-0.15, -0.1) is 0 Å². The molecular formula is C22H30N6O3. The van der Waals surface area contributed by atoms with Gasteiger partial charge in [0.2, 0.25) is 0 Å². The molecule has 1 atom stereocenters. The molecule has 0 radical (unpaired) electrons. The van der Waals surface area contributed by atoms with E-state index in [0.29, 0.717) is 45.6 Å². The van der Waals surface area contributed by atoms with E-state index in [-0.39, 0.29) is 11.9 Å². The summed E-state index contributed by atoms with van der Waals surface area (Å²) in [5.74, 6) is 0.677. The number of nitrogens with one attached hydrogen (secondary N) is 2. The zero-order chi connectivity index (χ0) is 21.7. The molecule has 2 aliphatic heterocycles. The van der Waals surface area contributed by atoms with Gasteiger partial charge in [0, 0.05) is 51.1 Å². The van der Waals surface area contributed by atoms with Crippen molar-refractivity contribution in [3.63, 3.8) is 0 Å². The maximum Gasteiger partial charge on any atom is 0.317 e. The average Bonchev–Trinajstić information content (AvgIpc) is 3.28. The first-order valence-electron chi connectivity index (χ1n) is 11.0. The number of imidazole rings is 1. The highest BCUT2D eigenvalue weighted by Crippen LogP contribution is 2.40. The normalized spacial score (nSPS) is 19.6. The summed E-state index contributed by atoms with van der Waals surface area (Å²) in [6.07, 6.45) is 7.96. The van der Waals surface area contributed by atoms with Crippen LogP contribution in [0.1, 0.15) is 44.1 Å². The second kappa shape index (κ2) is 9.47. The summed E-state index contributed by atoms with van der Waals surface area (Å²) in [4.78, 5) is 35.9. The van der Waals surface area contributed by atoms with Crippen molar-refractivity contribution >= 4 is 11.9 Å². The van der Waals surface area contributed by atoms with Crippen molar-refractivity contribution in [2.75, 3.05) is 19.6 Å². The Labute approximate surface area is 182 Å². The number of fused-ring (bicyclic) bond motifs is 2. The van der Waals surface area contributed by atoms with Gasteiger partial charge >= 0.3 is 6.03 Å². The number of urea groups is 1. The smallest absolute Gasteiger partial charge is 0.317 e. The van der Waals surface area contributed by atoms with Crippen LogP contribution in [-0.2, 0) is 28.2 Å². The number of likely N-dealkylation sites (tertiary alicyclic amines) is 1. The Morgan fingerprint density at radius 2 is 2.03 bits per heavy atom. The number of nitrogens with zero attached hydrogens (tertiary/aromatic N) is 4. The number of ether oxygens (including phenoxy) is 1. The first kappa shape index (κ1) is 21.3. The highest BCUT2D eigenvalue weighted by Gasteiger charge is 2.47. The van der Waals surface area contributed by atoms with Crippen molar-refractivity contribution in [2.45, 2.75) is 57.4 Å². The second-order valence-corrected chi connectivity index (χ2v) is 8.12. The van der Waals surface area contributed by atoms with Crippen molar-refractivity contribution in [3.8, 4) is 0 Å². The van der Waals surface area contributed by atoms with E-state index < -0.39 is 11.7 Å². The molecule has 2 N–H and O–H groups in total. The molecule has 166 valence electrons. The summed E-state index contributed by atoms with van der Waals surface area (Å²) >= 11 is 0. The van der Waals surface area contributed by atoms with E-state index in [0.717, 1.165) is 24.4 Å². The highest BCUT2D eigenvalue weighted by molar-refractivity contribution is 5.81. The molecule has 0 bridgehead atoms. The van der Waals surface area contributed by atoms with Crippen molar-refractivity contribution < 1.29 is 14.3 Å². The predicted octanol–water partition coefficient (Wildman–Crippen LogP) is 1.79. The molecule has 1 fully saturated rings. The van der Waals surface area contributed by atoms with Gasteiger partial charge in [-0.2, -0.15) is 0 Å². The molecule has 4 rings (SSSR count). The molecule has 2 aromatic heterocycles. The third kappa shape index (κ3) is 4.71. The number of amides is 3. The summed E-state index contributed by atoms with van der Waals surface area (Å²) in [6, 6.07) is 5.58. The molecule has 0 saturated carbocycles. The van der Waals surface area contributed by atoms with Gasteiger partial charge in [-0.1, -0.05) is 19.4 Å². The van der Waals surface area contributed by atoms with Crippen LogP contribution < -0.4 is 10.6 Å². The zero-order valence-corrected chi connectivity index (χ0v) is 17.9. The number of carbonyl (C=O) groups excluding carboxylic acids is 2. The van der Waals surface area contributed by atoms with Gasteiger partial charge in [-0.05, 0) is 18.6 Å². The van der Waals surface area contributed by atoms with E-state index in [9.17, 15) is 9.59 Å². The van der Waals surface area contributed by atoms with Gasteiger partial charge in [0.15, 0.2) is 6.10 Å². The average molecular weight is 427 g/mol. The van der Waals surface area contributed by atoms with Crippen LogP contribution in [-0.4, -0.2) is 57.1 Å². The zero-order valence-electron chi connectivity index (χ0n) is 17.9. The Hall–Kier alpha value is -2.94. The van der Waals surface area contributed by atoms with Gasteiger partial charge in [-0.25, -0.2) is 9.78 Å². The van der Waals surface area contributed by atoms with Gasteiger partial charge in [0.1, 0.15) is 11.4 Å². The van der Waals surface area contributed by atoms with Crippen LogP contribution in [0.3, 0.4) is 0 Å². The fourth-order valence-electron chi connectivity index (χ4n) is 4.22. The Morgan fingerprint density at radius 1 is 1.19 bits per heavy atom. The molecule has 31 heavy (non-hydrogen) atoms. The largest absolute Gasteiger partial charge is 0.352 e. The first-order valence-corrected chi connectivity index (χ1v) is 11.0. The van der Waals surface area contributed by atoms with Crippen molar-refractivity contribution in [1.29, 1.82) is 0 Å². The Balaban J connectivity index is 1.40. The van der Waals surface area contributed by atoms with E-state index in [2.05, 4.69) is 27.5 Å². The molecule has 1 saturated heterocycles. The predicted molar refractivity (Wildman–Crippen MR) is 114 cm³/mol. The summed E-state index contributed by atoms with van der Waals surface area (Å²) in [6.45, 7) is 4.69. The number of unbranched alkanes of at least 4 members (excludes halogenated alkanes) is 1. The fourth-order valence-corrected chi connectivity index (χ4v) is 4.22. The monoisotopic (exact) mass is 426 g/mol. The van der Waals surface area contributed by atoms with E-state index in [1.165, 1.54) is 0 Å². The molecule has 3 amide bonds. The molecule has 0 aromatic carbocycles. The molecular weight excluding hydrogens is 396 g/mol. The number of rotatable bonds is 6. The van der Waals surface area contributed by atoms with Crippen LogP contribution in [0.5, 0.6) is 0 Å². The molecule has 0 unspecified atom stereocenters. The Kier molecular flexibility index (Phi) is 6.50. The number of carbonyl (C=O) groups is 2. The lowest BCUT2D eigenvalue weighted by atomic mass is 9.88. The third-order valence-electron chi connectivity index (χ3n) is 5.98. The topological polar surface area (TPSA) is 101 Å². The molecule has 1 spiro atoms. The maximum atomic E-state index is 12.9. The lowest BCUT2D eigenvalue weighted by molar-refractivity contribution is -0.172. The highest BCUT2D eigenvalue weighted by atomic mass is 16.5. The number of piperidine rings is 1. The summed E-state index contributed by atoms with van der Waals surface area (Å²) in [5, 5.41) is 5.91. The first-order chi connectivity index (χ1) is 15.1. The molecule has 2 aliphatic rings. The van der Waals surface area contributed by atoms with Gasteiger partial charge < -0.3 is 24.8 Å². The lowest BCUT2D eigenvalue weighted by Gasteiger charge is -2.45. The third-order valence-corrected chi connectivity index (χ3v) is 5.98. The van der Waals surface area contributed by atoms with Gasteiger partial charge in [-0.3, -0.25) is 9.78 Å². The van der Waals surface area contributed by atoms with Crippen molar-refractivity contribution in [2.24, 2.45) is 0 Å². The molecule has 9 heteroatoms. The summed E-state index contributed by atoms with van der Waals surface area (Å²) < 4.78 is 8.41. The van der Waals surface area contributed by atoms with E-state index in [1.54, 1.807) is 12.4 Å². The van der Waals surface area contributed by atoms with E-state index >= 15 is 0 Å². The van der Waals surface area contributed by atoms with Crippen LogP contribution >= 0.6 is 0 Å². The standard InChI is InChI=1S/C22H30N6O3/c1-2-3-9-25-21(30)27-12-7-22(8-13-27)20-24-11-14-28(20)16-18(31-22)19(29)26-15-17-6-4-5-10-23-17/h4-6,10-11,14,18H,2-3,7-9,12-13,15-16H2,1H3,(H,25,30)(H,26,29)/t18-/m1/s1. The molecule has 0 aliphatic carbocycles. The van der Waals surface area contributed by atoms with Crippen molar-refractivity contribution in [1.82, 2.24) is 30.1 Å². The minimum absolute atomic E-state index is 0.0351. The van der Waals surface area contributed by atoms with E-state index in [4.69, 9.17) is 4.74 Å². The molecule has 4 heterocycles. The second-order valence-electron chi connectivity index (χ2n) is 8.12. The number of aromatic nitrogens is 3. The summed E-state index contributed by atoms with van der Waals surface area (Å²) in [5.41, 5.74) is 0.140. The van der Waals surface area contributed by atoms with Gasteiger partial charge in [0.25, 0.3) is 5.91 Å². The minimum Gasteiger partial charge on any atom is -0.352 e. The summed E-state index contributed by atoms with van der Waals surface area (Å²) in [7, 11) is 0. The fraction of sp³-hybridized carbons (Fsp3) is 0.545. The maximum absolute atomic E-state index is 12.9. The van der Waals surface area contributed by atoms with Crippen LogP contribution in [0.2, 0.25) is 0 Å². The van der Waals surface area contributed by atoms with Crippen LogP contribution in [0.25, 0.3) is 0 Å². The van der Waals surface area contributed by atoms with Gasteiger partial charge in [0.05, 0.1) is 18.8 Å². The Bertz CT molecular complexity index is 892. The lowest BCUT2D eigenvalue weighted by Crippen LogP contribution is -2.55. The minimum atomic E-state index is -0.658. The number of hydrogen-bond donors (Lipinski definition) is 2.